The minimum absolute atomic E-state index is 0.319. The van der Waals surface area contributed by atoms with E-state index in [2.05, 4.69) is 5.32 Å². The Morgan fingerprint density at radius 3 is 2.30 bits per heavy atom. The first kappa shape index (κ1) is 17.3. The van der Waals surface area contributed by atoms with Crippen LogP contribution in [0.3, 0.4) is 0 Å². The van der Waals surface area contributed by atoms with Gasteiger partial charge in [0, 0.05) is 17.3 Å². The molecule has 1 aromatic rings. The molecular formula is C19H24FNO2. The van der Waals surface area contributed by atoms with Gasteiger partial charge in [-0.2, -0.15) is 0 Å². The van der Waals surface area contributed by atoms with Crippen LogP contribution in [0.1, 0.15) is 53.0 Å². The Kier molecular flexibility index (Phi) is 4.64. The van der Waals surface area contributed by atoms with E-state index >= 15 is 0 Å². The molecule has 1 N–H and O–H groups in total. The number of hydrogen-bond acceptors (Lipinski definition) is 3. The van der Waals surface area contributed by atoms with E-state index in [0.717, 1.165) is 11.3 Å². The average molecular weight is 317 g/mol. The van der Waals surface area contributed by atoms with E-state index in [1.165, 1.54) is 6.07 Å². The summed E-state index contributed by atoms with van der Waals surface area (Å²) in [6, 6.07) is 6.57. The maximum absolute atomic E-state index is 14.4. The van der Waals surface area contributed by atoms with E-state index in [1.807, 2.05) is 41.5 Å². The van der Waals surface area contributed by atoms with Gasteiger partial charge in [0.2, 0.25) is 0 Å². The summed E-state index contributed by atoms with van der Waals surface area (Å²) < 4.78 is 19.9. The molecule has 1 aromatic carbocycles. The van der Waals surface area contributed by atoms with E-state index in [-0.39, 0.29) is 5.82 Å². The number of halogens is 1. The van der Waals surface area contributed by atoms with Crippen LogP contribution in [0.25, 0.3) is 0 Å². The first-order valence-electron chi connectivity index (χ1n) is 7.74. The molecule has 0 radical (unpaired) electrons. The fourth-order valence-electron chi connectivity index (χ4n) is 2.80. The zero-order valence-corrected chi connectivity index (χ0v) is 14.6. The molecule has 0 fully saturated rings. The average Bonchev–Trinajstić information content (AvgIpc) is 2.41. The molecule has 124 valence electrons. The maximum Gasteiger partial charge on any atom is 0.337 e. The Labute approximate surface area is 137 Å². The van der Waals surface area contributed by atoms with Crippen LogP contribution < -0.4 is 5.32 Å². The number of benzene rings is 1. The van der Waals surface area contributed by atoms with Crippen molar-refractivity contribution in [3.05, 3.63) is 58.2 Å². The quantitative estimate of drug-likeness (QED) is 0.821. The molecule has 1 heterocycles. The van der Waals surface area contributed by atoms with Crippen molar-refractivity contribution in [3.8, 4) is 0 Å². The Morgan fingerprint density at radius 1 is 1.13 bits per heavy atom. The third kappa shape index (κ3) is 3.63. The molecule has 0 aliphatic carbocycles. The van der Waals surface area contributed by atoms with Crippen LogP contribution in [-0.4, -0.2) is 11.6 Å². The molecule has 0 spiro atoms. The third-order valence-electron chi connectivity index (χ3n) is 3.93. The molecule has 1 aliphatic rings. The Bertz CT molecular complexity index is 696. The Morgan fingerprint density at radius 2 is 1.74 bits per heavy atom. The number of carbonyl (C=O) groups excluding carboxylic acids is 1. The number of rotatable bonds is 2. The van der Waals surface area contributed by atoms with Gasteiger partial charge in [-0.1, -0.05) is 18.2 Å². The van der Waals surface area contributed by atoms with Crippen molar-refractivity contribution < 1.29 is 13.9 Å². The van der Waals surface area contributed by atoms with E-state index in [0.29, 0.717) is 16.8 Å². The summed E-state index contributed by atoms with van der Waals surface area (Å²) in [5.74, 6) is -1.17. The monoisotopic (exact) mass is 317 g/mol. The van der Waals surface area contributed by atoms with E-state index in [1.54, 1.807) is 18.2 Å². The second kappa shape index (κ2) is 6.19. The molecular weight excluding hydrogens is 293 g/mol. The number of nitrogens with one attached hydrogen (secondary N) is 1. The standard InChI is InChI=1S/C19H24FNO2/c1-11-12(2)21-13(3)17(18(22)23-19(4,5)6)16(11)14-9-7-8-10-15(14)20/h7-10,16,21H,1-6H3. The van der Waals surface area contributed by atoms with Gasteiger partial charge in [-0.05, 0) is 58.7 Å². The van der Waals surface area contributed by atoms with E-state index in [4.69, 9.17) is 4.74 Å². The lowest BCUT2D eigenvalue weighted by Crippen LogP contribution is -2.32. The molecule has 1 aliphatic heterocycles. The van der Waals surface area contributed by atoms with Gasteiger partial charge < -0.3 is 10.1 Å². The van der Waals surface area contributed by atoms with Crippen molar-refractivity contribution in [1.29, 1.82) is 0 Å². The summed E-state index contributed by atoms with van der Waals surface area (Å²) >= 11 is 0. The minimum atomic E-state index is -0.603. The van der Waals surface area contributed by atoms with Gasteiger partial charge in [-0.25, -0.2) is 9.18 Å². The number of ether oxygens (including phenoxy) is 1. The smallest absolute Gasteiger partial charge is 0.337 e. The molecule has 2 rings (SSSR count). The van der Waals surface area contributed by atoms with Gasteiger partial charge >= 0.3 is 5.97 Å². The van der Waals surface area contributed by atoms with Gasteiger partial charge in [0.1, 0.15) is 11.4 Å². The lowest BCUT2D eigenvalue weighted by atomic mass is 9.81. The van der Waals surface area contributed by atoms with Crippen LogP contribution in [-0.2, 0) is 9.53 Å². The molecule has 23 heavy (non-hydrogen) atoms. The molecule has 0 bridgehead atoms. The summed E-state index contributed by atoms with van der Waals surface area (Å²) in [7, 11) is 0. The first-order valence-corrected chi connectivity index (χ1v) is 7.74. The van der Waals surface area contributed by atoms with Crippen LogP contribution in [0.5, 0.6) is 0 Å². The van der Waals surface area contributed by atoms with Crippen LogP contribution in [0.2, 0.25) is 0 Å². The molecule has 1 unspecified atom stereocenters. The summed E-state index contributed by atoms with van der Waals surface area (Å²) in [5.41, 5.74) is 2.91. The highest BCUT2D eigenvalue weighted by Crippen LogP contribution is 2.39. The fraction of sp³-hybridized carbons (Fsp3) is 0.421. The minimum Gasteiger partial charge on any atom is -0.457 e. The number of allylic oxidation sites excluding steroid dienone is 3. The van der Waals surface area contributed by atoms with Gasteiger partial charge in [0.05, 0.1) is 5.57 Å². The van der Waals surface area contributed by atoms with Crippen molar-refractivity contribution in [1.82, 2.24) is 5.32 Å². The van der Waals surface area contributed by atoms with Crippen LogP contribution in [0.4, 0.5) is 4.39 Å². The topological polar surface area (TPSA) is 38.3 Å². The number of dihydropyridines is 1. The predicted octanol–water partition coefficient (Wildman–Crippen LogP) is 4.42. The molecule has 3 nitrogen and oxygen atoms in total. The second-order valence-corrected chi connectivity index (χ2v) is 6.93. The Balaban J connectivity index is 2.55. The lowest BCUT2D eigenvalue weighted by Gasteiger charge is -2.32. The zero-order valence-electron chi connectivity index (χ0n) is 14.6. The van der Waals surface area contributed by atoms with E-state index in [9.17, 15) is 9.18 Å². The fourth-order valence-corrected chi connectivity index (χ4v) is 2.80. The summed E-state index contributed by atoms with van der Waals surface area (Å²) in [4.78, 5) is 12.7. The van der Waals surface area contributed by atoms with Crippen LogP contribution in [0, 0.1) is 5.82 Å². The highest BCUT2D eigenvalue weighted by molar-refractivity contribution is 5.92. The second-order valence-electron chi connectivity index (χ2n) is 6.93. The highest BCUT2D eigenvalue weighted by Gasteiger charge is 2.34. The van der Waals surface area contributed by atoms with Crippen molar-refractivity contribution in [2.45, 2.75) is 53.1 Å². The normalized spacial score (nSPS) is 18.8. The van der Waals surface area contributed by atoms with Gasteiger partial charge in [0.15, 0.2) is 0 Å². The van der Waals surface area contributed by atoms with E-state index < -0.39 is 17.5 Å². The first-order chi connectivity index (χ1) is 10.6. The largest absolute Gasteiger partial charge is 0.457 e. The maximum atomic E-state index is 14.4. The van der Waals surface area contributed by atoms with Crippen molar-refractivity contribution >= 4 is 5.97 Å². The number of esters is 1. The summed E-state index contributed by atoms with van der Waals surface area (Å²) in [6.07, 6.45) is 0. The highest BCUT2D eigenvalue weighted by atomic mass is 19.1. The summed E-state index contributed by atoms with van der Waals surface area (Å²) in [6.45, 7) is 11.1. The van der Waals surface area contributed by atoms with Gasteiger partial charge in [-0.15, -0.1) is 0 Å². The molecule has 0 saturated heterocycles. The molecule has 0 saturated carbocycles. The van der Waals surface area contributed by atoms with Crippen molar-refractivity contribution in [2.24, 2.45) is 0 Å². The molecule has 4 heteroatoms. The predicted molar refractivity (Wildman–Crippen MR) is 89.2 cm³/mol. The van der Waals surface area contributed by atoms with Crippen LogP contribution in [0.15, 0.2) is 46.8 Å². The van der Waals surface area contributed by atoms with Crippen molar-refractivity contribution in [3.63, 3.8) is 0 Å². The molecule has 0 aromatic heterocycles. The van der Waals surface area contributed by atoms with Gasteiger partial charge in [0.25, 0.3) is 0 Å². The zero-order chi connectivity index (χ0) is 17.4. The molecule has 1 atom stereocenters. The lowest BCUT2D eigenvalue weighted by molar-refractivity contribution is -0.150. The third-order valence-corrected chi connectivity index (χ3v) is 3.93. The van der Waals surface area contributed by atoms with Crippen LogP contribution >= 0.6 is 0 Å². The SMILES string of the molecule is CC1=C(C)C(c2ccccc2F)C(C(=O)OC(C)(C)C)=C(C)N1. The Hall–Kier alpha value is -2.10. The summed E-state index contributed by atoms with van der Waals surface area (Å²) in [5, 5.41) is 3.20. The molecule has 0 amide bonds. The number of hydrogen-bond donors (Lipinski definition) is 1. The van der Waals surface area contributed by atoms with Crippen molar-refractivity contribution in [2.75, 3.05) is 0 Å². The number of carbonyl (C=O) groups is 1. The van der Waals surface area contributed by atoms with Gasteiger partial charge in [-0.3, -0.25) is 0 Å².